The number of nitrogens with zero attached hydrogens (tertiary/aromatic N) is 3. The van der Waals surface area contributed by atoms with Crippen LogP contribution in [0.4, 0.5) is 21.9 Å². The number of nitrogens with one attached hydrogen (secondary N) is 1. The molecule has 1 N–H and O–H groups in total. The van der Waals surface area contributed by atoms with Gasteiger partial charge in [0.1, 0.15) is 0 Å². The van der Waals surface area contributed by atoms with Gasteiger partial charge in [-0.1, -0.05) is 41.9 Å². The monoisotopic (exact) mass is 422 g/mol. The van der Waals surface area contributed by atoms with E-state index in [1.165, 1.54) is 0 Å². The summed E-state index contributed by atoms with van der Waals surface area (Å²) in [6.07, 6.45) is 0. The lowest BCUT2D eigenvalue weighted by atomic mass is 10.2. The van der Waals surface area contributed by atoms with Crippen molar-refractivity contribution in [3.8, 4) is 0 Å². The third kappa shape index (κ3) is 4.69. The highest BCUT2D eigenvalue weighted by Gasteiger charge is 2.27. The van der Waals surface area contributed by atoms with Crippen LogP contribution in [0, 0.1) is 0 Å². The number of anilines is 3. The second-order valence-corrected chi connectivity index (χ2v) is 8.58. The third-order valence-electron chi connectivity index (χ3n) is 3.98. The fraction of sp³-hybridized carbons (Fsp3) is 0.263. The molecule has 1 aliphatic heterocycles. The van der Waals surface area contributed by atoms with E-state index in [-0.39, 0.29) is 6.03 Å². The van der Waals surface area contributed by atoms with Crippen molar-refractivity contribution in [2.24, 2.45) is 4.99 Å². The van der Waals surface area contributed by atoms with Crippen molar-refractivity contribution in [1.82, 2.24) is 0 Å². The predicted molar refractivity (Wildman–Crippen MR) is 118 cm³/mol. The number of carbonyl (C=O) groups is 1. The van der Waals surface area contributed by atoms with Crippen molar-refractivity contribution in [2.45, 2.75) is 12.2 Å². The molecule has 8 heteroatoms. The Hall–Kier alpha value is -1.89. The van der Waals surface area contributed by atoms with Gasteiger partial charge in [0.15, 0.2) is 5.17 Å². The van der Waals surface area contributed by atoms with E-state index in [1.54, 1.807) is 34.9 Å². The van der Waals surface area contributed by atoms with Crippen LogP contribution in [0.5, 0.6) is 0 Å². The van der Waals surface area contributed by atoms with Gasteiger partial charge >= 0.3 is 6.03 Å². The van der Waals surface area contributed by atoms with Crippen LogP contribution in [0.1, 0.15) is 6.92 Å². The fourth-order valence-corrected chi connectivity index (χ4v) is 3.80. The van der Waals surface area contributed by atoms with Crippen LogP contribution < -0.4 is 15.1 Å². The molecule has 1 aliphatic rings. The van der Waals surface area contributed by atoms with Crippen molar-refractivity contribution < 1.29 is 4.79 Å². The Morgan fingerprint density at radius 1 is 1.11 bits per heavy atom. The standard InChI is InChI=1S/C19H20Cl2N4OS/c1-12-11-22-19(27-12)25(15-7-5-14(6-8-15)24(2)3)18(26)23-13-4-9-16(20)17(21)10-13/h4-10,12H,11H2,1-3H3,(H,23,26). The fourth-order valence-electron chi connectivity index (χ4n) is 2.55. The maximum Gasteiger partial charge on any atom is 0.332 e. The molecule has 0 fully saturated rings. The molecule has 2 aromatic carbocycles. The predicted octanol–water partition coefficient (Wildman–Crippen LogP) is 5.59. The van der Waals surface area contributed by atoms with Gasteiger partial charge in [0.05, 0.1) is 22.3 Å². The lowest BCUT2D eigenvalue weighted by Crippen LogP contribution is -2.38. The Labute approximate surface area is 173 Å². The first kappa shape index (κ1) is 19.9. The summed E-state index contributed by atoms with van der Waals surface area (Å²) in [4.78, 5) is 21.2. The van der Waals surface area contributed by atoms with Crippen LogP contribution in [0.3, 0.4) is 0 Å². The molecule has 0 aliphatic carbocycles. The molecule has 0 spiro atoms. The van der Waals surface area contributed by atoms with E-state index in [9.17, 15) is 4.79 Å². The smallest absolute Gasteiger partial charge is 0.332 e. The van der Waals surface area contributed by atoms with Gasteiger partial charge in [0.2, 0.25) is 0 Å². The molecular formula is C19H20Cl2N4OS. The van der Waals surface area contributed by atoms with Crippen LogP contribution in [0.25, 0.3) is 0 Å². The summed E-state index contributed by atoms with van der Waals surface area (Å²) >= 11 is 13.6. The summed E-state index contributed by atoms with van der Waals surface area (Å²) in [6, 6.07) is 12.5. The molecule has 0 aromatic heterocycles. The number of amides is 2. The van der Waals surface area contributed by atoms with Crippen molar-refractivity contribution in [2.75, 3.05) is 35.8 Å². The number of hydrogen-bond donors (Lipinski definition) is 1. The molecule has 1 unspecified atom stereocenters. The van der Waals surface area contributed by atoms with Gasteiger partial charge in [-0.3, -0.25) is 4.99 Å². The normalized spacial score (nSPS) is 16.0. The van der Waals surface area contributed by atoms with E-state index in [1.807, 2.05) is 43.3 Å². The van der Waals surface area contributed by atoms with Crippen LogP contribution in [0.15, 0.2) is 47.5 Å². The molecule has 0 bridgehead atoms. The summed E-state index contributed by atoms with van der Waals surface area (Å²) in [5, 5.41) is 4.72. The first-order valence-corrected chi connectivity index (χ1v) is 10.0. The number of halogens is 2. The quantitative estimate of drug-likeness (QED) is 0.700. The number of hydrogen-bond acceptors (Lipinski definition) is 4. The highest BCUT2D eigenvalue weighted by Crippen LogP contribution is 2.30. The summed E-state index contributed by atoms with van der Waals surface area (Å²) in [7, 11) is 3.95. The topological polar surface area (TPSA) is 47.9 Å². The maximum absolute atomic E-state index is 13.1. The molecule has 2 aromatic rings. The number of benzene rings is 2. The molecule has 142 valence electrons. The Morgan fingerprint density at radius 2 is 1.78 bits per heavy atom. The van der Waals surface area contributed by atoms with E-state index in [0.717, 1.165) is 11.4 Å². The SMILES string of the molecule is CC1CN=C(N(C(=O)Nc2ccc(Cl)c(Cl)c2)c2ccc(N(C)C)cc2)S1. The molecule has 1 heterocycles. The van der Waals surface area contributed by atoms with E-state index in [0.29, 0.717) is 32.7 Å². The van der Waals surface area contributed by atoms with Crippen LogP contribution in [-0.2, 0) is 0 Å². The first-order valence-electron chi connectivity index (χ1n) is 8.40. The molecule has 0 radical (unpaired) electrons. The average molecular weight is 423 g/mol. The van der Waals surface area contributed by atoms with Crippen molar-refractivity contribution in [3.05, 3.63) is 52.5 Å². The minimum Gasteiger partial charge on any atom is -0.378 e. The second kappa shape index (κ2) is 8.42. The lowest BCUT2D eigenvalue weighted by Gasteiger charge is -2.24. The van der Waals surface area contributed by atoms with Gasteiger partial charge < -0.3 is 10.2 Å². The molecule has 5 nitrogen and oxygen atoms in total. The van der Waals surface area contributed by atoms with E-state index < -0.39 is 0 Å². The zero-order valence-electron chi connectivity index (χ0n) is 15.2. The van der Waals surface area contributed by atoms with Gasteiger partial charge in [-0.15, -0.1) is 0 Å². The molecular weight excluding hydrogens is 403 g/mol. The number of urea groups is 1. The van der Waals surface area contributed by atoms with Gasteiger partial charge in [0.25, 0.3) is 0 Å². The number of rotatable bonds is 3. The maximum atomic E-state index is 13.1. The number of aliphatic imine (C=N–C) groups is 1. The average Bonchev–Trinajstić information content (AvgIpc) is 3.04. The molecule has 27 heavy (non-hydrogen) atoms. The second-order valence-electron chi connectivity index (χ2n) is 6.36. The van der Waals surface area contributed by atoms with E-state index in [4.69, 9.17) is 23.2 Å². The zero-order valence-corrected chi connectivity index (χ0v) is 17.6. The molecule has 2 amide bonds. The largest absolute Gasteiger partial charge is 0.378 e. The number of carbonyl (C=O) groups excluding carboxylic acids is 1. The number of amidine groups is 1. The van der Waals surface area contributed by atoms with Gasteiger partial charge in [-0.05, 0) is 42.5 Å². The van der Waals surface area contributed by atoms with Crippen molar-refractivity contribution in [3.63, 3.8) is 0 Å². The number of thioether (sulfide) groups is 1. The van der Waals surface area contributed by atoms with Gasteiger partial charge in [-0.25, -0.2) is 9.69 Å². The van der Waals surface area contributed by atoms with Crippen molar-refractivity contribution >= 4 is 63.2 Å². The Morgan fingerprint density at radius 3 is 2.33 bits per heavy atom. The van der Waals surface area contributed by atoms with Crippen LogP contribution in [-0.4, -0.2) is 37.1 Å². The molecule has 0 saturated carbocycles. The Bertz CT molecular complexity index is 871. The summed E-state index contributed by atoms with van der Waals surface area (Å²) in [5.74, 6) is 0. The highest BCUT2D eigenvalue weighted by atomic mass is 35.5. The molecule has 3 rings (SSSR count). The minimum atomic E-state index is -0.300. The Balaban J connectivity index is 1.89. The minimum absolute atomic E-state index is 0.300. The summed E-state index contributed by atoms with van der Waals surface area (Å²) < 4.78 is 0. The zero-order chi connectivity index (χ0) is 19.6. The van der Waals surface area contributed by atoms with Crippen LogP contribution in [0.2, 0.25) is 10.0 Å². The summed E-state index contributed by atoms with van der Waals surface area (Å²) in [5.41, 5.74) is 2.37. The van der Waals surface area contributed by atoms with Crippen molar-refractivity contribution in [1.29, 1.82) is 0 Å². The Kier molecular flexibility index (Phi) is 6.19. The molecule has 1 atom stereocenters. The van der Waals surface area contributed by atoms with E-state index >= 15 is 0 Å². The van der Waals surface area contributed by atoms with Gasteiger partial charge in [-0.2, -0.15) is 0 Å². The lowest BCUT2D eigenvalue weighted by molar-refractivity contribution is 0.259. The highest BCUT2D eigenvalue weighted by molar-refractivity contribution is 8.15. The van der Waals surface area contributed by atoms with Gasteiger partial charge in [0, 0.05) is 30.7 Å². The third-order valence-corrected chi connectivity index (χ3v) is 5.79. The van der Waals surface area contributed by atoms with E-state index in [2.05, 4.69) is 17.2 Å². The molecule has 0 saturated heterocycles. The van der Waals surface area contributed by atoms with Crippen LogP contribution >= 0.6 is 35.0 Å². The summed E-state index contributed by atoms with van der Waals surface area (Å²) in [6.45, 7) is 2.78. The first-order chi connectivity index (χ1) is 12.8.